The van der Waals surface area contributed by atoms with Gasteiger partial charge in [-0.25, -0.2) is 4.98 Å². The van der Waals surface area contributed by atoms with Gasteiger partial charge in [0.05, 0.1) is 0 Å². The Kier molecular flexibility index (Phi) is 5.39. The minimum absolute atomic E-state index is 0.322. The molecule has 1 N–H and O–H groups in total. The van der Waals surface area contributed by atoms with E-state index in [9.17, 15) is 9.90 Å². The number of hydrogen-bond acceptors (Lipinski definition) is 5. The molecule has 0 aliphatic carbocycles. The number of hydrogen-bond donors (Lipinski definition) is 1. The number of rotatable bonds is 7. The molecule has 0 bridgehead atoms. The van der Waals surface area contributed by atoms with Gasteiger partial charge in [-0.1, -0.05) is 30.3 Å². The summed E-state index contributed by atoms with van der Waals surface area (Å²) in [5, 5.41) is 9.28. The molecule has 0 saturated carbocycles. The second kappa shape index (κ2) is 8.27. The molecule has 0 radical (unpaired) electrons. The number of benzene rings is 2. The Bertz CT molecular complexity index is 921. The molecule has 0 amide bonds. The van der Waals surface area contributed by atoms with Gasteiger partial charge in [-0.3, -0.25) is 9.69 Å². The number of oxazole rings is 1. The van der Waals surface area contributed by atoms with Crippen molar-refractivity contribution in [1.29, 1.82) is 0 Å². The Morgan fingerprint density at radius 2 is 1.96 bits per heavy atom. The molecule has 2 heterocycles. The van der Waals surface area contributed by atoms with Gasteiger partial charge in [-0.2, -0.15) is 0 Å². The zero-order valence-electron chi connectivity index (χ0n) is 15.5. The first-order chi connectivity index (χ1) is 13.7. The van der Waals surface area contributed by atoms with E-state index >= 15 is 0 Å². The van der Waals surface area contributed by atoms with E-state index in [-0.39, 0.29) is 6.04 Å². The van der Waals surface area contributed by atoms with E-state index in [1.165, 1.54) is 0 Å². The Morgan fingerprint density at radius 3 is 2.71 bits per heavy atom. The predicted molar refractivity (Wildman–Crippen MR) is 104 cm³/mol. The zero-order valence-corrected chi connectivity index (χ0v) is 15.5. The third-order valence-electron chi connectivity index (χ3n) is 4.92. The fourth-order valence-corrected chi connectivity index (χ4v) is 3.46. The molecule has 144 valence electrons. The Balaban J connectivity index is 1.33. The lowest BCUT2D eigenvalue weighted by Crippen LogP contribution is -2.35. The molecule has 1 fully saturated rings. The summed E-state index contributed by atoms with van der Waals surface area (Å²) in [6, 6.07) is 17.1. The van der Waals surface area contributed by atoms with Crippen LogP contribution in [0.4, 0.5) is 0 Å². The highest BCUT2D eigenvalue weighted by molar-refractivity contribution is 5.73. The summed E-state index contributed by atoms with van der Waals surface area (Å²) in [6.07, 6.45) is 3.26. The van der Waals surface area contributed by atoms with Crippen molar-refractivity contribution in [3.8, 4) is 17.2 Å². The van der Waals surface area contributed by atoms with E-state index in [1.54, 1.807) is 6.26 Å². The summed E-state index contributed by atoms with van der Waals surface area (Å²) >= 11 is 0. The first kappa shape index (κ1) is 18.3. The first-order valence-electron chi connectivity index (χ1n) is 9.37. The molecular weight excluding hydrogens is 356 g/mol. The predicted octanol–water partition coefficient (Wildman–Crippen LogP) is 3.97. The number of carbonyl (C=O) groups is 1. The lowest BCUT2D eigenvalue weighted by Gasteiger charge is -2.21. The van der Waals surface area contributed by atoms with Crippen molar-refractivity contribution in [2.75, 3.05) is 6.54 Å². The molecule has 4 rings (SSSR count). The fraction of sp³-hybridized carbons (Fsp3) is 0.273. The summed E-state index contributed by atoms with van der Waals surface area (Å²) in [4.78, 5) is 17.8. The lowest BCUT2D eigenvalue weighted by atomic mass is 10.2. The van der Waals surface area contributed by atoms with Crippen LogP contribution in [0.15, 0.2) is 65.3 Å². The van der Waals surface area contributed by atoms with E-state index in [2.05, 4.69) is 4.98 Å². The maximum Gasteiger partial charge on any atom is 0.320 e. The van der Waals surface area contributed by atoms with Crippen molar-refractivity contribution in [3.05, 3.63) is 72.1 Å². The number of carboxylic acids is 1. The lowest BCUT2D eigenvalue weighted by molar-refractivity contribution is -0.142. The quantitative estimate of drug-likeness (QED) is 0.670. The summed E-state index contributed by atoms with van der Waals surface area (Å²) in [7, 11) is 0. The van der Waals surface area contributed by atoms with Crippen molar-refractivity contribution >= 4 is 5.97 Å². The molecular formula is C22H22N2O4. The van der Waals surface area contributed by atoms with Crippen LogP contribution < -0.4 is 4.74 Å². The van der Waals surface area contributed by atoms with Crippen molar-refractivity contribution < 1.29 is 19.1 Å². The molecule has 0 spiro atoms. The summed E-state index contributed by atoms with van der Waals surface area (Å²) < 4.78 is 11.3. The van der Waals surface area contributed by atoms with Crippen LogP contribution in [-0.2, 0) is 17.9 Å². The molecule has 0 unspecified atom stereocenters. The maximum absolute atomic E-state index is 11.3. The van der Waals surface area contributed by atoms with Crippen LogP contribution in [0.5, 0.6) is 5.75 Å². The monoisotopic (exact) mass is 378 g/mol. The highest BCUT2D eigenvalue weighted by Gasteiger charge is 2.30. The van der Waals surface area contributed by atoms with Gasteiger partial charge in [-0.05, 0) is 49.2 Å². The van der Waals surface area contributed by atoms with Gasteiger partial charge in [0.25, 0.3) is 0 Å². The fourth-order valence-electron chi connectivity index (χ4n) is 3.46. The standard InChI is InChI=1S/C22H22N2O4/c25-22(26)20-7-4-12-24(20)13-16-8-10-19(11-9-16)27-14-18-15-28-21(23-18)17-5-2-1-3-6-17/h1-3,5-6,8-11,15,20H,4,7,12-14H2,(H,25,26)/t20-/m1/s1. The topological polar surface area (TPSA) is 75.8 Å². The third-order valence-corrected chi connectivity index (χ3v) is 4.92. The van der Waals surface area contributed by atoms with Gasteiger partial charge in [-0.15, -0.1) is 0 Å². The number of ether oxygens (including phenoxy) is 1. The molecule has 1 atom stereocenters. The van der Waals surface area contributed by atoms with Gasteiger partial charge in [0.2, 0.25) is 5.89 Å². The summed E-state index contributed by atoms with van der Waals surface area (Å²) in [6.45, 7) is 1.79. The maximum atomic E-state index is 11.3. The van der Waals surface area contributed by atoms with Gasteiger partial charge < -0.3 is 14.3 Å². The van der Waals surface area contributed by atoms with Gasteiger partial charge >= 0.3 is 5.97 Å². The van der Waals surface area contributed by atoms with Crippen molar-refractivity contribution in [2.24, 2.45) is 0 Å². The highest BCUT2D eigenvalue weighted by atomic mass is 16.5. The first-order valence-corrected chi connectivity index (χ1v) is 9.37. The van der Waals surface area contributed by atoms with Gasteiger partial charge in [0, 0.05) is 12.1 Å². The van der Waals surface area contributed by atoms with Crippen LogP contribution in [0.3, 0.4) is 0 Å². The van der Waals surface area contributed by atoms with Crippen LogP contribution in [0.2, 0.25) is 0 Å². The van der Waals surface area contributed by atoms with E-state index < -0.39 is 5.97 Å². The number of carboxylic acid groups (broad SMARTS) is 1. The molecule has 28 heavy (non-hydrogen) atoms. The normalized spacial score (nSPS) is 16.9. The summed E-state index contributed by atoms with van der Waals surface area (Å²) in [5.74, 6) is 0.581. The molecule has 1 saturated heterocycles. The van der Waals surface area contributed by atoms with E-state index in [0.717, 1.165) is 42.0 Å². The number of likely N-dealkylation sites (tertiary alicyclic amines) is 1. The summed E-state index contributed by atoms with van der Waals surface area (Å²) in [5.41, 5.74) is 2.73. The second-order valence-electron chi connectivity index (χ2n) is 6.91. The van der Waals surface area contributed by atoms with E-state index in [1.807, 2.05) is 59.5 Å². The van der Waals surface area contributed by atoms with Crippen LogP contribution in [0.25, 0.3) is 11.5 Å². The Labute approximate surface area is 163 Å². The van der Waals surface area contributed by atoms with Gasteiger partial charge in [0.15, 0.2) is 0 Å². The average Bonchev–Trinajstić information content (AvgIpc) is 3.38. The molecule has 1 aliphatic rings. The van der Waals surface area contributed by atoms with Crippen LogP contribution in [-0.4, -0.2) is 33.5 Å². The third kappa shape index (κ3) is 4.23. The van der Waals surface area contributed by atoms with Crippen molar-refractivity contribution in [2.45, 2.75) is 32.0 Å². The minimum atomic E-state index is -0.736. The number of nitrogens with zero attached hydrogens (tertiary/aromatic N) is 2. The zero-order chi connectivity index (χ0) is 19.3. The van der Waals surface area contributed by atoms with Crippen LogP contribution in [0, 0.1) is 0 Å². The van der Waals surface area contributed by atoms with Crippen LogP contribution >= 0.6 is 0 Å². The largest absolute Gasteiger partial charge is 0.487 e. The Hall–Kier alpha value is -3.12. The smallest absolute Gasteiger partial charge is 0.320 e. The molecule has 3 aromatic rings. The van der Waals surface area contributed by atoms with Crippen LogP contribution in [0.1, 0.15) is 24.1 Å². The second-order valence-corrected chi connectivity index (χ2v) is 6.91. The van der Waals surface area contributed by atoms with Crippen molar-refractivity contribution in [3.63, 3.8) is 0 Å². The van der Waals surface area contributed by atoms with Gasteiger partial charge in [0.1, 0.15) is 30.4 Å². The molecule has 1 aliphatic heterocycles. The highest BCUT2D eigenvalue weighted by Crippen LogP contribution is 2.22. The average molecular weight is 378 g/mol. The molecule has 1 aromatic heterocycles. The minimum Gasteiger partial charge on any atom is -0.487 e. The number of aromatic nitrogens is 1. The SMILES string of the molecule is O=C(O)[C@H]1CCCN1Cc1ccc(OCc2coc(-c3ccccc3)n2)cc1. The molecule has 6 nitrogen and oxygen atoms in total. The Morgan fingerprint density at radius 1 is 1.18 bits per heavy atom. The number of aliphatic carboxylic acids is 1. The van der Waals surface area contributed by atoms with Crippen molar-refractivity contribution in [1.82, 2.24) is 9.88 Å². The van der Waals surface area contributed by atoms with E-state index in [0.29, 0.717) is 19.0 Å². The van der Waals surface area contributed by atoms with E-state index in [4.69, 9.17) is 9.15 Å². The molecule has 6 heteroatoms. The molecule has 2 aromatic carbocycles.